The van der Waals surface area contributed by atoms with Gasteiger partial charge in [-0.1, -0.05) is 46.3 Å². The Morgan fingerprint density at radius 1 is 1.10 bits per heavy atom. The van der Waals surface area contributed by atoms with Crippen LogP contribution >= 0.6 is 28.1 Å². The highest BCUT2D eigenvalue weighted by molar-refractivity contribution is 9.10. The number of hydrogen-bond donors (Lipinski definition) is 2. The highest BCUT2D eigenvalue weighted by Crippen LogP contribution is 2.24. The lowest BCUT2D eigenvalue weighted by Gasteiger charge is -2.15. The average Bonchev–Trinajstić information content (AvgIpc) is 2.44. The zero-order valence-electron chi connectivity index (χ0n) is 12.2. The van der Waals surface area contributed by atoms with Crippen molar-refractivity contribution in [2.24, 2.45) is 0 Å². The number of nitrogens with one attached hydrogen (secondary N) is 2. The van der Waals surface area contributed by atoms with Crippen LogP contribution in [0.1, 0.15) is 16.7 Å². The number of hydrogen-bond acceptors (Lipinski definition) is 1. The summed E-state index contributed by atoms with van der Waals surface area (Å²) < 4.78 is 1.09. The molecule has 0 radical (unpaired) electrons. The molecule has 0 saturated carbocycles. The average molecular weight is 363 g/mol. The third kappa shape index (κ3) is 4.83. The first-order valence-electron chi connectivity index (χ1n) is 6.92. The number of aryl methyl sites for hydroxylation is 2. The molecule has 0 unspecified atom stereocenters. The first kappa shape index (κ1) is 16.0. The number of benzene rings is 2. The molecular formula is C17H19BrN2S. The molecule has 0 aliphatic heterocycles. The van der Waals surface area contributed by atoms with Gasteiger partial charge in [-0.25, -0.2) is 0 Å². The van der Waals surface area contributed by atoms with Crippen LogP contribution in [0, 0.1) is 13.8 Å². The maximum absolute atomic E-state index is 5.37. The molecule has 4 heteroatoms. The van der Waals surface area contributed by atoms with Gasteiger partial charge in [0.15, 0.2) is 5.11 Å². The van der Waals surface area contributed by atoms with E-state index in [4.69, 9.17) is 12.2 Å². The van der Waals surface area contributed by atoms with Gasteiger partial charge >= 0.3 is 0 Å². The Morgan fingerprint density at radius 3 is 2.33 bits per heavy atom. The Kier molecular flexibility index (Phi) is 5.76. The van der Waals surface area contributed by atoms with Gasteiger partial charge in [0.1, 0.15) is 0 Å². The topological polar surface area (TPSA) is 24.1 Å². The second-order valence-electron chi connectivity index (χ2n) is 5.03. The zero-order valence-corrected chi connectivity index (χ0v) is 14.6. The zero-order chi connectivity index (χ0) is 15.2. The van der Waals surface area contributed by atoms with Crippen molar-refractivity contribution in [2.75, 3.05) is 11.9 Å². The van der Waals surface area contributed by atoms with Crippen LogP contribution in [0.5, 0.6) is 0 Å². The molecule has 2 aromatic carbocycles. The molecule has 0 aliphatic rings. The van der Waals surface area contributed by atoms with Crippen LogP contribution in [-0.4, -0.2) is 11.7 Å². The third-order valence-corrected chi connectivity index (χ3v) is 3.98. The van der Waals surface area contributed by atoms with Gasteiger partial charge in [-0.05, 0) is 61.3 Å². The first-order valence-corrected chi connectivity index (χ1v) is 8.12. The summed E-state index contributed by atoms with van der Waals surface area (Å²) >= 11 is 8.87. The minimum atomic E-state index is 0.666. The molecule has 0 atom stereocenters. The molecule has 0 spiro atoms. The minimum absolute atomic E-state index is 0.666. The van der Waals surface area contributed by atoms with Crippen molar-refractivity contribution in [3.63, 3.8) is 0 Å². The molecule has 0 aliphatic carbocycles. The van der Waals surface area contributed by atoms with Crippen LogP contribution in [0.2, 0.25) is 0 Å². The van der Waals surface area contributed by atoms with Gasteiger partial charge in [-0.15, -0.1) is 0 Å². The molecule has 2 aromatic rings. The van der Waals surface area contributed by atoms with Crippen molar-refractivity contribution in [3.05, 3.63) is 63.6 Å². The monoisotopic (exact) mass is 362 g/mol. The second-order valence-corrected chi connectivity index (χ2v) is 6.36. The Balaban J connectivity index is 1.88. The van der Waals surface area contributed by atoms with E-state index < -0.39 is 0 Å². The highest BCUT2D eigenvalue weighted by Gasteiger charge is 2.06. The van der Waals surface area contributed by atoms with Gasteiger partial charge in [-0.2, -0.15) is 0 Å². The SMILES string of the molecule is Cc1cc(Br)cc(C)c1NC(=S)NCCc1ccccc1. The van der Waals surface area contributed by atoms with Crippen molar-refractivity contribution in [1.82, 2.24) is 5.32 Å². The summed E-state index contributed by atoms with van der Waals surface area (Å²) in [4.78, 5) is 0. The summed E-state index contributed by atoms with van der Waals surface area (Å²) in [6.07, 6.45) is 0.959. The lowest BCUT2D eigenvalue weighted by molar-refractivity contribution is 0.873. The van der Waals surface area contributed by atoms with E-state index in [1.165, 1.54) is 16.7 Å². The normalized spacial score (nSPS) is 10.2. The first-order chi connectivity index (χ1) is 10.1. The Labute approximate surface area is 140 Å². The van der Waals surface area contributed by atoms with Crippen molar-refractivity contribution >= 4 is 38.9 Å². The van der Waals surface area contributed by atoms with Gasteiger partial charge in [-0.3, -0.25) is 0 Å². The van der Waals surface area contributed by atoms with Crippen LogP contribution in [0.15, 0.2) is 46.9 Å². The lowest BCUT2D eigenvalue weighted by atomic mass is 10.1. The highest BCUT2D eigenvalue weighted by atomic mass is 79.9. The van der Waals surface area contributed by atoms with E-state index in [0.29, 0.717) is 5.11 Å². The summed E-state index contributed by atoms with van der Waals surface area (Å²) in [5.74, 6) is 0. The molecule has 0 amide bonds. The lowest BCUT2D eigenvalue weighted by Crippen LogP contribution is -2.30. The van der Waals surface area contributed by atoms with E-state index in [1.54, 1.807) is 0 Å². The number of anilines is 1. The van der Waals surface area contributed by atoms with E-state index in [-0.39, 0.29) is 0 Å². The molecule has 2 rings (SSSR count). The smallest absolute Gasteiger partial charge is 0.170 e. The third-order valence-electron chi connectivity index (χ3n) is 3.28. The molecule has 0 heterocycles. The number of halogens is 1. The largest absolute Gasteiger partial charge is 0.362 e. The fraction of sp³-hybridized carbons (Fsp3) is 0.235. The maximum Gasteiger partial charge on any atom is 0.170 e. The maximum atomic E-state index is 5.37. The fourth-order valence-corrected chi connectivity index (χ4v) is 3.12. The van der Waals surface area contributed by atoms with E-state index in [0.717, 1.165) is 23.1 Å². The van der Waals surface area contributed by atoms with Crippen molar-refractivity contribution < 1.29 is 0 Å². The van der Waals surface area contributed by atoms with Crippen LogP contribution in [0.3, 0.4) is 0 Å². The fourth-order valence-electron chi connectivity index (χ4n) is 2.23. The Hall–Kier alpha value is -1.39. The van der Waals surface area contributed by atoms with Crippen LogP contribution in [-0.2, 0) is 6.42 Å². The van der Waals surface area contributed by atoms with E-state index in [1.807, 2.05) is 6.07 Å². The predicted molar refractivity (Wildman–Crippen MR) is 98.0 cm³/mol. The van der Waals surface area contributed by atoms with E-state index >= 15 is 0 Å². The van der Waals surface area contributed by atoms with E-state index in [9.17, 15) is 0 Å². The van der Waals surface area contributed by atoms with Crippen LogP contribution < -0.4 is 10.6 Å². The molecule has 2 nitrogen and oxygen atoms in total. The van der Waals surface area contributed by atoms with Gasteiger partial charge in [0, 0.05) is 16.7 Å². The summed E-state index contributed by atoms with van der Waals surface area (Å²) in [6, 6.07) is 14.6. The van der Waals surface area contributed by atoms with Gasteiger partial charge in [0.25, 0.3) is 0 Å². The molecule has 2 N–H and O–H groups in total. The predicted octanol–water partition coefficient (Wildman–Crippen LogP) is 4.60. The summed E-state index contributed by atoms with van der Waals surface area (Å²) in [6.45, 7) is 4.98. The molecule has 21 heavy (non-hydrogen) atoms. The molecule has 0 fully saturated rings. The van der Waals surface area contributed by atoms with Gasteiger partial charge in [0.2, 0.25) is 0 Å². The van der Waals surface area contributed by atoms with Crippen molar-refractivity contribution in [2.45, 2.75) is 20.3 Å². The van der Waals surface area contributed by atoms with Crippen LogP contribution in [0.25, 0.3) is 0 Å². The van der Waals surface area contributed by atoms with Crippen molar-refractivity contribution in [3.8, 4) is 0 Å². The quantitative estimate of drug-likeness (QED) is 0.777. The molecule has 0 aromatic heterocycles. The number of thiocarbonyl (C=S) groups is 1. The van der Waals surface area contributed by atoms with Gasteiger partial charge in [0.05, 0.1) is 0 Å². The Bertz CT molecular complexity index is 603. The van der Waals surface area contributed by atoms with E-state index in [2.05, 4.69) is 76.8 Å². The van der Waals surface area contributed by atoms with Crippen molar-refractivity contribution in [1.29, 1.82) is 0 Å². The summed E-state index contributed by atoms with van der Waals surface area (Å²) in [5, 5.41) is 7.21. The van der Waals surface area contributed by atoms with Crippen LogP contribution in [0.4, 0.5) is 5.69 Å². The minimum Gasteiger partial charge on any atom is -0.362 e. The molecule has 0 saturated heterocycles. The summed E-state index contributed by atoms with van der Waals surface area (Å²) in [5.41, 5.74) is 4.74. The molecule has 110 valence electrons. The number of rotatable bonds is 4. The molecular weight excluding hydrogens is 344 g/mol. The Morgan fingerprint density at radius 2 is 1.71 bits per heavy atom. The standard InChI is InChI=1S/C17H19BrN2S/c1-12-10-15(18)11-13(2)16(12)20-17(21)19-9-8-14-6-4-3-5-7-14/h3-7,10-11H,8-9H2,1-2H3,(H2,19,20,21). The second kappa shape index (κ2) is 7.57. The molecule has 0 bridgehead atoms. The van der Waals surface area contributed by atoms with Gasteiger partial charge < -0.3 is 10.6 Å². The summed E-state index contributed by atoms with van der Waals surface area (Å²) in [7, 11) is 0.